The van der Waals surface area contributed by atoms with Gasteiger partial charge in [0.25, 0.3) is 0 Å². The first-order chi connectivity index (χ1) is 7.30. The molecule has 16 heavy (non-hydrogen) atoms. The van der Waals surface area contributed by atoms with Gasteiger partial charge in [0.15, 0.2) is 0 Å². The molecule has 90 valence electrons. The van der Waals surface area contributed by atoms with Crippen molar-refractivity contribution in [3.63, 3.8) is 0 Å². The highest BCUT2D eigenvalue weighted by atomic mass is 16.1. The number of hydrogen-bond donors (Lipinski definition) is 1. The van der Waals surface area contributed by atoms with E-state index < -0.39 is 0 Å². The summed E-state index contributed by atoms with van der Waals surface area (Å²) >= 11 is 0. The van der Waals surface area contributed by atoms with Gasteiger partial charge in [-0.1, -0.05) is 0 Å². The van der Waals surface area contributed by atoms with Crippen LogP contribution in [0.4, 0.5) is 0 Å². The van der Waals surface area contributed by atoms with Crippen molar-refractivity contribution < 1.29 is 0 Å². The molecule has 1 aromatic heterocycles. The maximum atomic E-state index is 11.9. The Morgan fingerprint density at radius 3 is 2.38 bits per heavy atom. The molecule has 1 aromatic rings. The van der Waals surface area contributed by atoms with E-state index in [0.717, 1.165) is 24.5 Å². The average molecular weight is 223 g/mol. The molecule has 0 amide bonds. The lowest BCUT2D eigenvalue weighted by Crippen LogP contribution is -2.35. The van der Waals surface area contributed by atoms with Gasteiger partial charge in [-0.3, -0.25) is 9.47 Å². The van der Waals surface area contributed by atoms with E-state index in [4.69, 9.17) is 0 Å². The Morgan fingerprint density at radius 1 is 1.25 bits per heavy atom. The molecular formula is C12H21N3O. The number of aromatic nitrogens is 2. The first-order valence-corrected chi connectivity index (χ1v) is 5.88. The fourth-order valence-corrected chi connectivity index (χ4v) is 2.34. The summed E-state index contributed by atoms with van der Waals surface area (Å²) in [6.07, 6.45) is 0. The van der Waals surface area contributed by atoms with Gasteiger partial charge in [-0.15, -0.1) is 0 Å². The Balaban J connectivity index is 2.43. The van der Waals surface area contributed by atoms with Crippen LogP contribution < -0.4 is 5.69 Å². The highest BCUT2D eigenvalue weighted by Crippen LogP contribution is 2.25. The van der Waals surface area contributed by atoms with Gasteiger partial charge in [-0.2, -0.15) is 0 Å². The van der Waals surface area contributed by atoms with Gasteiger partial charge >= 0.3 is 5.69 Å². The maximum Gasteiger partial charge on any atom is 0.326 e. The summed E-state index contributed by atoms with van der Waals surface area (Å²) in [4.78, 5) is 17.2. The molecule has 0 unspecified atom stereocenters. The molecule has 0 bridgehead atoms. The molecule has 4 heteroatoms. The van der Waals surface area contributed by atoms with Crippen LogP contribution in [0.15, 0.2) is 4.79 Å². The van der Waals surface area contributed by atoms with Gasteiger partial charge in [-0.05, 0) is 34.6 Å². The summed E-state index contributed by atoms with van der Waals surface area (Å²) in [7, 11) is 0. The topological polar surface area (TPSA) is 41.0 Å². The lowest BCUT2D eigenvalue weighted by molar-refractivity contribution is 0.216. The number of nitrogens with zero attached hydrogens (tertiary/aromatic N) is 2. The van der Waals surface area contributed by atoms with Crippen LogP contribution in [0.3, 0.4) is 0 Å². The molecule has 0 saturated heterocycles. The molecular weight excluding hydrogens is 202 g/mol. The van der Waals surface area contributed by atoms with Gasteiger partial charge in [0.2, 0.25) is 0 Å². The number of rotatable bonds is 1. The minimum atomic E-state index is -0.145. The van der Waals surface area contributed by atoms with E-state index >= 15 is 0 Å². The third-order valence-electron chi connectivity index (χ3n) is 3.19. The molecule has 1 aliphatic heterocycles. The predicted octanol–water partition coefficient (Wildman–Crippen LogP) is 1.66. The van der Waals surface area contributed by atoms with Crippen molar-refractivity contribution in [2.24, 2.45) is 0 Å². The van der Waals surface area contributed by atoms with Gasteiger partial charge in [-0.25, -0.2) is 4.79 Å². The van der Waals surface area contributed by atoms with Crippen LogP contribution in [0.25, 0.3) is 0 Å². The predicted molar refractivity (Wildman–Crippen MR) is 64.4 cm³/mol. The quantitative estimate of drug-likeness (QED) is 0.786. The Hall–Kier alpha value is -1.03. The summed E-state index contributed by atoms with van der Waals surface area (Å²) in [6, 6.07) is 0.518. The van der Waals surface area contributed by atoms with Crippen molar-refractivity contribution in [3.05, 3.63) is 21.9 Å². The van der Waals surface area contributed by atoms with Crippen molar-refractivity contribution in [1.82, 2.24) is 14.5 Å². The van der Waals surface area contributed by atoms with Crippen molar-refractivity contribution in [2.45, 2.75) is 59.3 Å². The van der Waals surface area contributed by atoms with Gasteiger partial charge in [0, 0.05) is 24.7 Å². The van der Waals surface area contributed by atoms with E-state index in [0.29, 0.717) is 6.04 Å². The van der Waals surface area contributed by atoms with Crippen LogP contribution in [0.5, 0.6) is 0 Å². The van der Waals surface area contributed by atoms with E-state index in [2.05, 4.69) is 44.5 Å². The second-order valence-electron chi connectivity index (χ2n) is 5.86. The summed E-state index contributed by atoms with van der Waals surface area (Å²) in [5.74, 6) is 0. The fourth-order valence-electron chi connectivity index (χ4n) is 2.34. The number of aromatic amines is 1. The molecule has 1 N–H and O–H groups in total. The SMILES string of the molecule is CC(C)N1Cc2[nH]c(=O)n(C(C)(C)C)c2C1. The third-order valence-corrected chi connectivity index (χ3v) is 3.19. The molecule has 0 atom stereocenters. The Kier molecular flexibility index (Phi) is 2.49. The summed E-state index contributed by atoms with van der Waals surface area (Å²) in [6.45, 7) is 12.3. The van der Waals surface area contributed by atoms with E-state index in [9.17, 15) is 4.79 Å². The van der Waals surface area contributed by atoms with Crippen LogP contribution in [-0.4, -0.2) is 20.5 Å². The van der Waals surface area contributed by atoms with Crippen molar-refractivity contribution in [3.8, 4) is 0 Å². The highest BCUT2D eigenvalue weighted by molar-refractivity contribution is 5.20. The Labute approximate surface area is 96.3 Å². The zero-order valence-electron chi connectivity index (χ0n) is 10.8. The standard InChI is InChI=1S/C12H21N3O/c1-8(2)14-6-9-10(7-14)15(11(16)13-9)12(3,4)5/h8H,6-7H2,1-5H3,(H,13,16). The molecule has 4 nitrogen and oxygen atoms in total. The van der Waals surface area contributed by atoms with Crippen molar-refractivity contribution in [1.29, 1.82) is 0 Å². The second kappa shape index (κ2) is 3.48. The molecule has 1 aliphatic rings. The largest absolute Gasteiger partial charge is 0.326 e. The normalized spacial score (nSPS) is 17.1. The second-order valence-corrected chi connectivity index (χ2v) is 5.86. The first-order valence-electron chi connectivity index (χ1n) is 5.88. The van der Waals surface area contributed by atoms with Gasteiger partial charge < -0.3 is 4.98 Å². The van der Waals surface area contributed by atoms with Crippen molar-refractivity contribution in [2.75, 3.05) is 0 Å². The number of imidazole rings is 1. The summed E-state index contributed by atoms with van der Waals surface area (Å²) in [5.41, 5.74) is 2.13. The van der Waals surface area contributed by atoms with Gasteiger partial charge in [0.1, 0.15) is 0 Å². The Bertz CT molecular complexity index is 448. The van der Waals surface area contributed by atoms with E-state index in [-0.39, 0.29) is 11.2 Å². The zero-order chi connectivity index (χ0) is 12.1. The lowest BCUT2D eigenvalue weighted by Gasteiger charge is -2.24. The van der Waals surface area contributed by atoms with E-state index in [1.54, 1.807) is 0 Å². The number of hydrogen-bond acceptors (Lipinski definition) is 2. The summed E-state index contributed by atoms with van der Waals surface area (Å²) in [5, 5.41) is 0. The van der Waals surface area contributed by atoms with E-state index in [1.165, 1.54) is 0 Å². The Morgan fingerprint density at radius 2 is 1.88 bits per heavy atom. The zero-order valence-corrected chi connectivity index (χ0v) is 10.8. The highest BCUT2D eigenvalue weighted by Gasteiger charge is 2.30. The third kappa shape index (κ3) is 1.71. The molecule has 2 heterocycles. The van der Waals surface area contributed by atoms with Crippen molar-refractivity contribution >= 4 is 0 Å². The molecule has 0 saturated carbocycles. The molecule has 0 aromatic carbocycles. The van der Waals surface area contributed by atoms with Crippen LogP contribution in [-0.2, 0) is 18.6 Å². The average Bonchev–Trinajstić information content (AvgIpc) is 2.56. The number of H-pyrrole nitrogens is 1. The fraction of sp³-hybridized carbons (Fsp3) is 0.750. The van der Waals surface area contributed by atoms with Crippen LogP contribution >= 0.6 is 0 Å². The lowest BCUT2D eigenvalue weighted by atomic mass is 10.1. The molecule has 2 rings (SSSR count). The van der Waals surface area contributed by atoms with Crippen LogP contribution in [0, 0.1) is 0 Å². The number of fused-ring (bicyclic) bond motifs is 1. The number of nitrogens with one attached hydrogen (secondary N) is 1. The smallest absolute Gasteiger partial charge is 0.308 e. The van der Waals surface area contributed by atoms with E-state index in [1.807, 2.05) is 4.57 Å². The monoisotopic (exact) mass is 223 g/mol. The molecule has 0 spiro atoms. The maximum absolute atomic E-state index is 11.9. The molecule has 0 fully saturated rings. The minimum Gasteiger partial charge on any atom is -0.308 e. The van der Waals surface area contributed by atoms with Crippen LogP contribution in [0.2, 0.25) is 0 Å². The van der Waals surface area contributed by atoms with Gasteiger partial charge in [0.05, 0.1) is 11.4 Å². The minimum absolute atomic E-state index is 0.0286. The first kappa shape index (κ1) is 11.5. The molecule has 0 radical (unpaired) electrons. The molecule has 0 aliphatic carbocycles. The van der Waals surface area contributed by atoms with Crippen LogP contribution in [0.1, 0.15) is 46.0 Å². The summed E-state index contributed by atoms with van der Waals surface area (Å²) < 4.78 is 1.89.